The topological polar surface area (TPSA) is 114 Å². The van der Waals surface area contributed by atoms with Crippen molar-refractivity contribution in [2.24, 2.45) is 0 Å². The molecule has 4 aromatic rings. The van der Waals surface area contributed by atoms with E-state index in [4.69, 9.17) is 23.7 Å². The summed E-state index contributed by atoms with van der Waals surface area (Å²) in [6.07, 6.45) is -4.78. The molecule has 0 spiro atoms. The van der Waals surface area contributed by atoms with E-state index in [0.717, 1.165) is 0 Å². The van der Waals surface area contributed by atoms with Gasteiger partial charge < -0.3 is 23.7 Å². The molecule has 1 aliphatic heterocycles. The predicted molar refractivity (Wildman–Crippen MR) is 170 cm³/mol. The lowest BCUT2D eigenvalue weighted by atomic mass is 10.1. The van der Waals surface area contributed by atoms with Crippen LogP contribution in [0.3, 0.4) is 0 Å². The number of hydrogen-bond acceptors (Lipinski definition) is 10. The summed E-state index contributed by atoms with van der Waals surface area (Å²) in [5.41, 5.74) is 0.296. The SMILES string of the molecule is CCS[C@H]1O[C@H]([C@@H](COC(=O)c2ccccc2)OC(=O)c2ccccc2)[C@H](OC(=O)c2ccccc2)[C@H]1OC(=O)c1ccccc1. The fraction of sp³-hybridized carbons (Fsp3) is 0.222. The van der Waals surface area contributed by atoms with E-state index in [-0.39, 0.29) is 11.1 Å². The van der Waals surface area contributed by atoms with E-state index in [1.165, 1.54) is 11.8 Å². The highest BCUT2D eigenvalue weighted by atomic mass is 32.2. The Morgan fingerprint density at radius 1 is 0.609 bits per heavy atom. The molecule has 0 amide bonds. The molecule has 1 saturated heterocycles. The van der Waals surface area contributed by atoms with Gasteiger partial charge in [0.2, 0.25) is 0 Å². The summed E-state index contributed by atoms with van der Waals surface area (Å²) in [5, 5.41) is 0. The Labute approximate surface area is 270 Å². The molecule has 4 aromatic carbocycles. The van der Waals surface area contributed by atoms with E-state index in [2.05, 4.69) is 0 Å². The van der Waals surface area contributed by atoms with E-state index in [1.807, 2.05) is 6.92 Å². The minimum absolute atomic E-state index is 0.254. The molecule has 5 rings (SSSR count). The van der Waals surface area contributed by atoms with Crippen molar-refractivity contribution in [3.63, 3.8) is 0 Å². The van der Waals surface area contributed by atoms with Gasteiger partial charge in [-0.25, -0.2) is 19.2 Å². The zero-order valence-corrected chi connectivity index (χ0v) is 25.7. The van der Waals surface area contributed by atoms with Gasteiger partial charge in [-0.1, -0.05) is 79.7 Å². The van der Waals surface area contributed by atoms with Gasteiger partial charge in [0.25, 0.3) is 0 Å². The first kappa shape index (κ1) is 32.5. The van der Waals surface area contributed by atoms with Crippen LogP contribution in [0.5, 0.6) is 0 Å². The van der Waals surface area contributed by atoms with E-state index < -0.39 is 60.3 Å². The van der Waals surface area contributed by atoms with Gasteiger partial charge in [0, 0.05) is 0 Å². The van der Waals surface area contributed by atoms with Crippen LogP contribution in [0.2, 0.25) is 0 Å². The number of carbonyl (C=O) groups is 4. The molecule has 46 heavy (non-hydrogen) atoms. The van der Waals surface area contributed by atoms with Crippen LogP contribution in [0.15, 0.2) is 121 Å². The number of carbonyl (C=O) groups excluding carboxylic acids is 4. The third-order valence-electron chi connectivity index (χ3n) is 7.07. The zero-order chi connectivity index (χ0) is 32.3. The second-order valence-corrected chi connectivity index (χ2v) is 11.5. The normalized spacial score (nSPS) is 19.4. The lowest BCUT2D eigenvalue weighted by Crippen LogP contribution is -2.47. The molecule has 0 aliphatic carbocycles. The number of esters is 4. The number of hydrogen-bond donors (Lipinski definition) is 0. The fourth-order valence-corrected chi connectivity index (χ4v) is 5.76. The second-order valence-electron chi connectivity index (χ2n) is 10.2. The first-order valence-corrected chi connectivity index (χ1v) is 15.8. The van der Waals surface area contributed by atoms with Crippen LogP contribution in [0.4, 0.5) is 0 Å². The van der Waals surface area contributed by atoms with Crippen LogP contribution in [-0.4, -0.2) is 66.1 Å². The van der Waals surface area contributed by atoms with E-state index >= 15 is 0 Å². The third-order valence-corrected chi connectivity index (χ3v) is 8.11. The summed E-state index contributed by atoms with van der Waals surface area (Å²) in [7, 11) is 0. The summed E-state index contributed by atoms with van der Waals surface area (Å²) >= 11 is 1.33. The molecule has 5 atom stereocenters. The van der Waals surface area contributed by atoms with Gasteiger partial charge in [-0.05, 0) is 54.3 Å². The summed E-state index contributed by atoms with van der Waals surface area (Å²) in [4.78, 5) is 52.9. The molecule has 1 fully saturated rings. The van der Waals surface area contributed by atoms with Gasteiger partial charge in [0.15, 0.2) is 18.3 Å². The Kier molecular flexibility index (Phi) is 11.2. The standard InChI is InChI=1S/C36H32O9S/c1-2-46-36-31(44-35(40)27-21-13-6-14-22-27)30(43-34(39)26-19-11-5-12-20-26)29(45-36)28(42-33(38)25-17-9-4-10-18-25)23-41-32(37)24-15-7-3-8-16-24/h3-22,28-31,36H,2,23H2,1H3/t28-,29-,30+,31-,36-/m1/s1. The van der Waals surface area contributed by atoms with Crippen molar-refractivity contribution < 1.29 is 42.9 Å². The molecule has 0 N–H and O–H groups in total. The van der Waals surface area contributed by atoms with Crippen molar-refractivity contribution in [3.8, 4) is 0 Å². The number of benzene rings is 4. The molecular weight excluding hydrogens is 608 g/mol. The summed E-state index contributed by atoms with van der Waals surface area (Å²) in [6.45, 7) is 1.47. The van der Waals surface area contributed by atoms with Crippen LogP contribution in [0, 0.1) is 0 Å². The van der Waals surface area contributed by atoms with Crippen molar-refractivity contribution in [1.82, 2.24) is 0 Å². The summed E-state index contributed by atoms with van der Waals surface area (Å²) in [6, 6.07) is 33.3. The first-order chi connectivity index (χ1) is 22.4. The maximum atomic E-state index is 13.4. The highest BCUT2D eigenvalue weighted by molar-refractivity contribution is 7.99. The Morgan fingerprint density at radius 3 is 1.48 bits per heavy atom. The Bertz CT molecular complexity index is 1600. The number of thioether (sulfide) groups is 1. The van der Waals surface area contributed by atoms with Gasteiger partial charge in [-0.3, -0.25) is 0 Å². The first-order valence-electron chi connectivity index (χ1n) is 14.7. The van der Waals surface area contributed by atoms with E-state index in [0.29, 0.717) is 16.9 Å². The maximum Gasteiger partial charge on any atom is 0.338 e. The monoisotopic (exact) mass is 640 g/mol. The van der Waals surface area contributed by atoms with Crippen molar-refractivity contribution >= 4 is 35.6 Å². The summed E-state index contributed by atoms with van der Waals surface area (Å²) < 4.78 is 29.9. The molecule has 0 radical (unpaired) electrons. The molecule has 0 saturated carbocycles. The zero-order valence-electron chi connectivity index (χ0n) is 24.9. The van der Waals surface area contributed by atoms with E-state index in [9.17, 15) is 19.2 Å². The second kappa shape index (κ2) is 15.9. The summed E-state index contributed by atoms with van der Waals surface area (Å²) in [5.74, 6) is -2.14. The smallest absolute Gasteiger partial charge is 0.338 e. The molecular formula is C36H32O9S. The van der Waals surface area contributed by atoms with Crippen LogP contribution < -0.4 is 0 Å². The van der Waals surface area contributed by atoms with Crippen LogP contribution >= 0.6 is 11.8 Å². The molecule has 9 nitrogen and oxygen atoms in total. The quantitative estimate of drug-likeness (QED) is 0.135. The Hall–Kier alpha value is -4.93. The highest BCUT2D eigenvalue weighted by Gasteiger charge is 2.54. The molecule has 0 unspecified atom stereocenters. The van der Waals surface area contributed by atoms with Gasteiger partial charge >= 0.3 is 23.9 Å². The number of ether oxygens (including phenoxy) is 5. The largest absolute Gasteiger partial charge is 0.458 e. The molecule has 0 aromatic heterocycles. The van der Waals surface area contributed by atoms with Crippen molar-refractivity contribution in [1.29, 1.82) is 0 Å². The van der Waals surface area contributed by atoms with Crippen LogP contribution in [0.25, 0.3) is 0 Å². The molecule has 1 aliphatic rings. The van der Waals surface area contributed by atoms with Crippen LogP contribution in [0.1, 0.15) is 48.4 Å². The van der Waals surface area contributed by atoms with Gasteiger partial charge in [0.05, 0.1) is 22.3 Å². The van der Waals surface area contributed by atoms with Gasteiger partial charge in [-0.2, -0.15) is 0 Å². The van der Waals surface area contributed by atoms with Crippen molar-refractivity contribution in [2.75, 3.05) is 12.4 Å². The van der Waals surface area contributed by atoms with Crippen molar-refractivity contribution in [2.45, 2.75) is 36.8 Å². The van der Waals surface area contributed by atoms with Gasteiger partial charge in [-0.15, -0.1) is 11.8 Å². The van der Waals surface area contributed by atoms with E-state index in [1.54, 1.807) is 121 Å². The molecule has 236 valence electrons. The fourth-order valence-electron chi connectivity index (χ4n) is 4.83. The minimum atomic E-state index is -1.26. The Morgan fingerprint density at radius 2 is 1.02 bits per heavy atom. The molecule has 0 bridgehead atoms. The van der Waals surface area contributed by atoms with Gasteiger partial charge in [0.1, 0.15) is 18.1 Å². The lowest BCUT2D eigenvalue weighted by molar-refractivity contribution is -0.0899. The highest BCUT2D eigenvalue weighted by Crippen LogP contribution is 2.37. The van der Waals surface area contributed by atoms with Crippen LogP contribution in [-0.2, 0) is 23.7 Å². The lowest BCUT2D eigenvalue weighted by Gasteiger charge is -2.28. The van der Waals surface area contributed by atoms with Crippen molar-refractivity contribution in [3.05, 3.63) is 144 Å². The Balaban J connectivity index is 1.49. The maximum absolute atomic E-state index is 13.4. The molecule has 10 heteroatoms. The average Bonchev–Trinajstić information content (AvgIpc) is 3.43. The number of rotatable bonds is 12. The average molecular weight is 641 g/mol. The third kappa shape index (κ3) is 8.21. The minimum Gasteiger partial charge on any atom is -0.458 e. The predicted octanol–water partition coefficient (Wildman–Crippen LogP) is 6.00. The molecule has 1 heterocycles.